The van der Waals surface area contributed by atoms with E-state index in [0.717, 1.165) is 9.80 Å². The second kappa shape index (κ2) is 16.1. The normalized spacial score (nSPS) is 10.7. The van der Waals surface area contributed by atoms with Crippen molar-refractivity contribution < 1.29 is 33.4 Å². The highest BCUT2D eigenvalue weighted by molar-refractivity contribution is 8.00. The molecule has 0 aliphatic carbocycles. The number of para-hydroxylation sites is 1. The van der Waals surface area contributed by atoms with Crippen LogP contribution in [0.15, 0.2) is 96.4 Å². The van der Waals surface area contributed by atoms with Crippen LogP contribution >= 0.6 is 11.8 Å². The van der Waals surface area contributed by atoms with Gasteiger partial charge in [0.05, 0.1) is 18.0 Å². The van der Waals surface area contributed by atoms with Gasteiger partial charge in [-0.3, -0.25) is 24.1 Å². The Hall–Kier alpha value is -4.90. The number of rotatable bonds is 13. The lowest BCUT2D eigenvalue weighted by molar-refractivity contribution is -0.153. The topological polar surface area (TPSA) is 131 Å². The summed E-state index contributed by atoms with van der Waals surface area (Å²) in [6.07, 6.45) is 1.48. The minimum Gasteiger partial charge on any atom is -0.461 e. The number of nitrogens with zero attached hydrogens (tertiary/aromatic N) is 1. The van der Waals surface area contributed by atoms with Gasteiger partial charge in [-0.05, 0) is 51.1 Å². The Kier molecular flexibility index (Phi) is 12.3. The fraction of sp³-hybridized carbons (Fsp3) is 0.242. The van der Waals surface area contributed by atoms with Gasteiger partial charge in [-0.25, -0.2) is 4.79 Å². The maximum Gasteiger partial charge on any atom is 0.326 e. The van der Waals surface area contributed by atoms with E-state index in [1.807, 2.05) is 0 Å². The molecule has 44 heavy (non-hydrogen) atoms. The number of benzene rings is 3. The number of thioether (sulfide) groups is 1. The summed E-state index contributed by atoms with van der Waals surface area (Å²) >= 11 is 1.24. The number of hydrogen-bond donors (Lipinski definition) is 2. The standard InChI is InChI=1S/C33H35N3O7S/c1-5-18-42-30(39)22-44-25-15-11-14-24(19-25)35-32(41)34-20-28(37)36(21-29(38)43-33(2,3)4)27-17-10-9-16-26(27)31(40)23-12-7-6-8-13-23/h5-17,19H,1,18,20-22H2,2-4H3,(H2,34,35,41). The molecule has 0 radical (unpaired) electrons. The monoisotopic (exact) mass is 617 g/mol. The Labute approximate surface area is 260 Å². The molecular weight excluding hydrogens is 582 g/mol. The lowest BCUT2D eigenvalue weighted by Crippen LogP contribution is -2.45. The van der Waals surface area contributed by atoms with Gasteiger partial charge in [0.15, 0.2) is 5.78 Å². The van der Waals surface area contributed by atoms with Crippen molar-refractivity contribution in [3.63, 3.8) is 0 Å². The molecule has 3 rings (SSSR count). The number of anilines is 2. The Bertz CT molecular complexity index is 1500. The summed E-state index contributed by atoms with van der Waals surface area (Å²) in [7, 11) is 0. The molecule has 0 saturated heterocycles. The van der Waals surface area contributed by atoms with Crippen molar-refractivity contribution in [2.24, 2.45) is 0 Å². The van der Waals surface area contributed by atoms with Crippen LogP contribution in [0.4, 0.5) is 16.2 Å². The molecule has 0 spiro atoms. The van der Waals surface area contributed by atoms with Gasteiger partial charge >= 0.3 is 18.0 Å². The van der Waals surface area contributed by atoms with Gasteiger partial charge in [0.25, 0.3) is 0 Å². The van der Waals surface area contributed by atoms with Crippen LogP contribution in [0.3, 0.4) is 0 Å². The fourth-order valence-corrected chi connectivity index (χ4v) is 4.64. The predicted molar refractivity (Wildman–Crippen MR) is 170 cm³/mol. The summed E-state index contributed by atoms with van der Waals surface area (Å²) in [5.41, 5.74) is 0.459. The van der Waals surface area contributed by atoms with E-state index in [9.17, 15) is 24.0 Å². The number of amides is 3. The van der Waals surface area contributed by atoms with Crippen LogP contribution < -0.4 is 15.5 Å². The smallest absolute Gasteiger partial charge is 0.326 e. The Morgan fingerprint density at radius 3 is 2.32 bits per heavy atom. The second-order valence-corrected chi connectivity index (χ2v) is 11.4. The van der Waals surface area contributed by atoms with Crippen molar-refractivity contribution in [3.8, 4) is 0 Å². The highest BCUT2D eigenvalue weighted by Crippen LogP contribution is 2.25. The summed E-state index contributed by atoms with van der Waals surface area (Å²) < 4.78 is 10.4. The van der Waals surface area contributed by atoms with Gasteiger partial charge in [0, 0.05) is 21.7 Å². The van der Waals surface area contributed by atoms with E-state index in [1.54, 1.807) is 99.6 Å². The van der Waals surface area contributed by atoms with Crippen LogP contribution in [0.2, 0.25) is 0 Å². The average Bonchev–Trinajstić information content (AvgIpc) is 3.00. The third-order valence-electron chi connectivity index (χ3n) is 5.69. The molecule has 0 aromatic heterocycles. The minimum atomic E-state index is -0.804. The molecule has 0 bridgehead atoms. The Balaban J connectivity index is 1.73. The average molecular weight is 618 g/mol. The number of ether oxygens (including phenoxy) is 2. The molecule has 3 aromatic carbocycles. The van der Waals surface area contributed by atoms with Crippen molar-refractivity contribution in [1.82, 2.24) is 5.32 Å². The quantitative estimate of drug-likeness (QED) is 0.115. The van der Waals surface area contributed by atoms with Crippen molar-refractivity contribution in [2.75, 3.05) is 35.7 Å². The van der Waals surface area contributed by atoms with Gasteiger partial charge in [0.1, 0.15) is 18.8 Å². The van der Waals surface area contributed by atoms with Crippen LogP contribution in [-0.2, 0) is 23.9 Å². The van der Waals surface area contributed by atoms with Gasteiger partial charge in [0.2, 0.25) is 5.91 Å². The fourth-order valence-electron chi connectivity index (χ4n) is 3.88. The third-order valence-corrected chi connectivity index (χ3v) is 6.66. The van der Waals surface area contributed by atoms with E-state index in [-0.39, 0.29) is 29.4 Å². The number of carbonyl (C=O) groups excluding carboxylic acids is 5. The highest BCUT2D eigenvalue weighted by atomic mass is 32.2. The SMILES string of the molecule is C=CCOC(=O)CSc1cccc(NC(=O)NCC(=O)N(CC(=O)OC(C)(C)C)c2ccccc2C(=O)c2ccccc2)c1. The molecule has 0 fully saturated rings. The van der Waals surface area contributed by atoms with E-state index in [2.05, 4.69) is 17.2 Å². The van der Waals surface area contributed by atoms with Gasteiger partial charge in [-0.2, -0.15) is 0 Å². The van der Waals surface area contributed by atoms with E-state index < -0.39 is 42.6 Å². The summed E-state index contributed by atoms with van der Waals surface area (Å²) in [5.74, 6) is -1.96. The van der Waals surface area contributed by atoms with Crippen LogP contribution in [-0.4, -0.2) is 60.7 Å². The number of hydrogen-bond acceptors (Lipinski definition) is 8. The largest absolute Gasteiger partial charge is 0.461 e. The van der Waals surface area contributed by atoms with E-state index in [0.29, 0.717) is 11.3 Å². The second-order valence-electron chi connectivity index (χ2n) is 10.4. The van der Waals surface area contributed by atoms with Gasteiger partial charge in [-0.1, -0.05) is 61.2 Å². The first-order valence-corrected chi connectivity index (χ1v) is 14.7. The van der Waals surface area contributed by atoms with Crippen LogP contribution in [0.5, 0.6) is 0 Å². The third kappa shape index (κ3) is 10.7. The summed E-state index contributed by atoms with van der Waals surface area (Å²) in [4.78, 5) is 66.0. The van der Waals surface area contributed by atoms with Gasteiger partial charge < -0.3 is 20.1 Å². The zero-order chi connectivity index (χ0) is 32.1. The number of urea groups is 1. The molecule has 11 heteroatoms. The van der Waals surface area contributed by atoms with Crippen LogP contribution in [0.1, 0.15) is 36.7 Å². The summed E-state index contributed by atoms with van der Waals surface area (Å²) in [6, 6.07) is 21.2. The molecule has 0 aliphatic rings. The molecule has 230 valence electrons. The zero-order valence-electron chi connectivity index (χ0n) is 24.8. The number of ketones is 1. The lowest BCUT2D eigenvalue weighted by atomic mass is 10.0. The summed E-state index contributed by atoms with van der Waals surface area (Å²) in [5, 5.41) is 5.16. The van der Waals surface area contributed by atoms with Crippen molar-refractivity contribution in [3.05, 3.63) is 103 Å². The Morgan fingerprint density at radius 1 is 0.909 bits per heavy atom. The molecule has 3 aromatic rings. The van der Waals surface area contributed by atoms with E-state index in [4.69, 9.17) is 9.47 Å². The zero-order valence-corrected chi connectivity index (χ0v) is 25.6. The minimum absolute atomic E-state index is 0.0831. The molecule has 0 aliphatic heterocycles. The van der Waals surface area contributed by atoms with Crippen LogP contribution in [0, 0.1) is 0 Å². The number of carbonyl (C=O) groups is 5. The summed E-state index contributed by atoms with van der Waals surface area (Å²) in [6.45, 7) is 7.79. The first-order valence-electron chi connectivity index (χ1n) is 13.7. The first kappa shape index (κ1) is 33.6. The van der Waals surface area contributed by atoms with E-state index >= 15 is 0 Å². The molecular formula is C33H35N3O7S. The molecule has 3 amide bonds. The maximum atomic E-state index is 13.5. The predicted octanol–water partition coefficient (Wildman–Crippen LogP) is 5.24. The molecule has 0 heterocycles. The molecule has 0 unspecified atom stereocenters. The number of nitrogens with one attached hydrogen (secondary N) is 2. The molecule has 0 atom stereocenters. The highest BCUT2D eigenvalue weighted by Gasteiger charge is 2.27. The van der Waals surface area contributed by atoms with Crippen molar-refractivity contribution >= 4 is 52.8 Å². The Morgan fingerprint density at radius 2 is 1.61 bits per heavy atom. The van der Waals surface area contributed by atoms with Gasteiger partial charge in [-0.15, -0.1) is 11.8 Å². The first-order chi connectivity index (χ1) is 21.0. The number of esters is 2. The molecule has 0 saturated carbocycles. The van der Waals surface area contributed by atoms with Crippen LogP contribution in [0.25, 0.3) is 0 Å². The van der Waals surface area contributed by atoms with Crippen molar-refractivity contribution in [2.45, 2.75) is 31.3 Å². The maximum absolute atomic E-state index is 13.5. The van der Waals surface area contributed by atoms with E-state index in [1.165, 1.54) is 17.8 Å². The lowest BCUT2D eigenvalue weighted by Gasteiger charge is -2.27. The molecule has 2 N–H and O–H groups in total. The van der Waals surface area contributed by atoms with Crippen molar-refractivity contribution in [1.29, 1.82) is 0 Å². The molecule has 10 nitrogen and oxygen atoms in total.